The molecule has 2 rings (SSSR count). The molecule has 0 amide bonds. The molecule has 0 aliphatic carbocycles. The summed E-state index contributed by atoms with van der Waals surface area (Å²) in [6.07, 6.45) is 0. The van der Waals surface area contributed by atoms with Crippen molar-refractivity contribution in [2.24, 2.45) is 0 Å². The molecule has 0 radical (unpaired) electrons. The quantitative estimate of drug-likeness (QED) is 0.631. The lowest BCUT2D eigenvalue weighted by molar-refractivity contribution is 0.214. The van der Waals surface area contributed by atoms with Crippen molar-refractivity contribution in [2.75, 3.05) is 37.5 Å². The van der Waals surface area contributed by atoms with Gasteiger partial charge in [0.25, 0.3) is 0 Å². The monoisotopic (exact) mass is 377 g/mol. The molecule has 0 bridgehead atoms. The minimum atomic E-state index is -3.44. The molecule has 0 saturated heterocycles. The smallest absolute Gasteiger partial charge is 0.357 e. The van der Waals surface area contributed by atoms with Gasteiger partial charge in [-0.1, -0.05) is 18.2 Å². The maximum Gasteiger partial charge on any atom is 0.357 e. The molecule has 2 aromatic rings. The summed E-state index contributed by atoms with van der Waals surface area (Å²) in [5, 5.41) is 3.26. The van der Waals surface area contributed by atoms with E-state index in [1.54, 1.807) is 0 Å². The maximum atomic E-state index is 13.5. The van der Waals surface area contributed by atoms with Crippen molar-refractivity contribution >= 4 is 19.1 Å². The van der Waals surface area contributed by atoms with E-state index in [1.165, 1.54) is 0 Å². The normalized spacial score (nSPS) is 12.7. The number of nitrogens with zero attached hydrogens (tertiary/aromatic N) is 2. The molecule has 1 heterocycles. The number of aromatic nitrogens is 1. The molecular weight excluding hydrogens is 349 g/mol. The van der Waals surface area contributed by atoms with Gasteiger partial charge < -0.3 is 19.3 Å². The van der Waals surface area contributed by atoms with Gasteiger partial charge in [-0.25, -0.2) is 4.98 Å². The van der Waals surface area contributed by atoms with Gasteiger partial charge in [-0.3, -0.25) is 4.57 Å². The van der Waals surface area contributed by atoms with Crippen LogP contribution in [0.4, 0.5) is 11.5 Å². The van der Waals surface area contributed by atoms with Crippen LogP contribution in [0.25, 0.3) is 0 Å². The molecule has 1 N–H and O–H groups in total. The standard InChI is InChI=1S/C19H28N3O3P/c1-6-24-26(23,25-7-2)19(21-18-10-8-9-15(3)20-18)16-11-13-17(14-12-16)22(4)5/h8-14,19H,6-7H2,1-5H3,(H,20,21). The maximum absolute atomic E-state index is 13.5. The summed E-state index contributed by atoms with van der Waals surface area (Å²) in [6, 6.07) is 13.5. The number of anilines is 2. The van der Waals surface area contributed by atoms with Crippen LogP contribution in [0.5, 0.6) is 0 Å². The topological polar surface area (TPSA) is 63.7 Å². The van der Waals surface area contributed by atoms with E-state index >= 15 is 0 Å². The first-order valence-corrected chi connectivity index (χ1v) is 10.4. The van der Waals surface area contributed by atoms with E-state index < -0.39 is 13.4 Å². The largest absolute Gasteiger partial charge is 0.378 e. The summed E-state index contributed by atoms with van der Waals surface area (Å²) < 4.78 is 24.7. The van der Waals surface area contributed by atoms with Crippen LogP contribution < -0.4 is 10.2 Å². The van der Waals surface area contributed by atoms with Gasteiger partial charge in [0.1, 0.15) is 5.82 Å². The third-order valence-corrected chi connectivity index (χ3v) is 6.13. The summed E-state index contributed by atoms with van der Waals surface area (Å²) in [5.41, 5.74) is 2.76. The minimum Gasteiger partial charge on any atom is -0.378 e. The Morgan fingerprint density at radius 2 is 1.69 bits per heavy atom. The Morgan fingerprint density at radius 1 is 1.08 bits per heavy atom. The zero-order chi connectivity index (χ0) is 19.2. The molecule has 7 heteroatoms. The summed E-state index contributed by atoms with van der Waals surface area (Å²) in [7, 11) is 0.522. The zero-order valence-electron chi connectivity index (χ0n) is 16.1. The number of benzene rings is 1. The third kappa shape index (κ3) is 5.07. The number of hydrogen-bond donors (Lipinski definition) is 1. The summed E-state index contributed by atoms with van der Waals surface area (Å²) >= 11 is 0. The fourth-order valence-electron chi connectivity index (χ4n) is 2.61. The number of aryl methyl sites for hydroxylation is 1. The Morgan fingerprint density at radius 3 is 2.19 bits per heavy atom. The molecule has 1 unspecified atom stereocenters. The highest BCUT2D eigenvalue weighted by molar-refractivity contribution is 7.54. The van der Waals surface area contributed by atoms with Crippen molar-refractivity contribution in [3.63, 3.8) is 0 Å². The second kappa shape index (κ2) is 9.17. The number of hydrogen-bond acceptors (Lipinski definition) is 6. The van der Waals surface area contributed by atoms with Crippen LogP contribution >= 0.6 is 7.60 Å². The lowest BCUT2D eigenvalue weighted by atomic mass is 10.2. The van der Waals surface area contributed by atoms with Crippen molar-refractivity contribution < 1.29 is 13.6 Å². The molecule has 26 heavy (non-hydrogen) atoms. The number of nitrogens with one attached hydrogen (secondary N) is 1. The van der Waals surface area contributed by atoms with Crippen molar-refractivity contribution in [2.45, 2.75) is 26.6 Å². The second-order valence-electron chi connectivity index (χ2n) is 6.07. The van der Waals surface area contributed by atoms with Gasteiger partial charge in [-0.05, 0) is 50.6 Å². The van der Waals surface area contributed by atoms with E-state index in [-0.39, 0.29) is 0 Å². The first kappa shape index (κ1) is 20.4. The van der Waals surface area contributed by atoms with E-state index in [0.717, 1.165) is 16.9 Å². The van der Waals surface area contributed by atoms with Crippen LogP contribution in [-0.2, 0) is 13.6 Å². The molecule has 0 fully saturated rings. The second-order valence-corrected chi connectivity index (χ2v) is 8.18. The van der Waals surface area contributed by atoms with E-state index in [4.69, 9.17) is 9.05 Å². The van der Waals surface area contributed by atoms with Gasteiger partial charge >= 0.3 is 7.60 Å². The summed E-state index contributed by atoms with van der Waals surface area (Å²) in [4.78, 5) is 6.48. The molecular formula is C19H28N3O3P. The molecule has 0 aliphatic heterocycles. The fourth-order valence-corrected chi connectivity index (χ4v) is 4.53. The molecule has 0 spiro atoms. The molecule has 142 valence electrons. The highest BCUT2D eigenvalue weighted by Crippen LogP contribution is 2.60. The molecule has 1 atom stereocenters. The zero-order valence-corrected chi connectivity index (χ0v) is 17.0. The first-order valence-electron chi connectivity index (χ1n) is 8.76. The van der Waals surface area contributed by atoms with Crippen LogP contribution in [-0.4, -0.2) is 32.3 Å². The van der Waals surface area contributed by atoms with Gasteiger partial charge in [-0.15, -0.1) is 0 Å². The van der Waals surface area contributed by atoms with Gasteiger partial charge in [-0.2, -0.15) is 0 Å². The van der Waals surface area contributed by atoms with Crippen molar-refractivity contribution in [3.05, 3.63) is 53.7 Å². The van der Waals surface area contributed by atoms with Gasteiger partial charge in [0.15, 0.2) is 5.78 Å². The van der Waals surface area contributed by atoms with Gasteiger partial charge in [0, 0.05) is 25.5 Å². The van der Waals surface area contributed by atoms with Crippen molar-refractivity contribution in [3.8, 4) is 0 Å². The molecule has 0 saturated carbocycles. The number of pyridine rings is 1. The Hall–Kier alpha value is -1.88. The molecule has 6 nitrogen and oxygen atoms in total. The fraction of sp³-hybridized carbons (Fsp3) is 0.421. The van der Waals surface area contributed by atoms with Crippen molar-refractivity contribution in [1.82, 2.24) is 4.98 Å². The highest BCUT2D eigenvalue weighted by atomic mass is 31.2. The average Bonchev–Trinajstić information content (AvgIpc) is 2.60. The Kier molecular flexibility index (Phi) is 7.21. The van der Waals surface area contributed by atoms with Crippen molar-refractivity contribution in [1.29, 1.82) is 0 Å². The van der Waals surface area contributed by atoms with Crippen LogP contribution in [0, 0.1) is 6.92 Å². The molecule has 1 aromatic heterocycles. The molecule has 1 aromatic carbocycles. The van der Waals surface area contributed by atoms with E-state index in [1.807, 2.05) is 82.2 Å². The Labute approximate surface area is 156 Å². The van der Waals surface area contributed by atoms with Crippen LogP contribution in [0.1, 0.15) is 30.9 Å². The summed E-state index contributed by atoms with van der Waals surface area (Å²) in [5.74, 6) is -0.0146. The predicted molar refractivity (Wildman–Crippen MR) is 107 cm³/mol. The minimum absolute atomic E-state index is 0.298. The first-order chi connectivity index (χ1) is 12.4. The Balaban J connectivity index is 2.44. The Bertz CT molecular complexity index is 740. The van der Waals surface area contributed by atoms with Crippen LogP contribution in [0.3, 0.4) is 0 Å². The average molecular weight is 377 g/mol. The predicted octanol–water partition coefficient (Wildman–Crippen LogP) is 4.83. The lowest BCUT2D eigenvalue weighted by Crippen LogP contribution is -2.16. The SMILES string of the molecule is CCOP(=O)(OCC)C(Nc1cccc(C)n1)c1ccc(N(C)C)cc1. The molecule has 0 aliphatic rings. The number of rotatable bonds is 9. The van der Waals surface area contributed by atoms with Crippen LogP contribution in [0.2, 0.25) is 0 Å². The van der Waals surface area contributed by atoms with Gasteiger partial charge in [0.2, 0.25) is 0 Å². The van der Waals surface area contributed by atoms with Gasteiger partial charge in [0.05, 0.1) is 13.2 Å². The lowest BCUT2D eigenvalue weighted by Gasteiger charge is -2.28. The van der Waals surface area contributed by atoms with E-state index in [9.17, 15) is 4.57 Å². The highest BCUT2D eigenvalue weighted by Gasteiger charge is 2.37. The van der Waals surface area contributed by atoms with E-state index in [2.05, 4.69) is 10.3 Å². The third-order valence-electron chi connectivity index (χ3n) is 3.83. The summed E-state index contributed by atoms with van der Waals surface area (Å²) in [6.45, 7) is 6.13. The van der Waals surface area contributed by atoms with Crippen LogP contribution in [0.15, 0.2) is 42.5 Å². The van der Waals surface area contributed by atoms with E-state index in [0.29, 0.717) is 19.0 Å².